The summed E-state index contributed by atoms with van der Waals surface area (Å²) in [5.41, 5.74) is -0.487. The topological polar surface area (TPSA) is 85.6 Å². The molecule has 11 heteroatoms. The van der Waals surface area contributed by atoms with Crippen LogP contribution in [0, 0.1) is 12.7 Å². The predicted octanol–water partition coefficient (Wildman–Crippen LogP) is 5.76. The molecule has 3 aromatic carbocycles. The first-order valence-corrected chi connectivity index (χ1v) is 11.5. The summed E-state index contributed by atoms with van der Waals surface area (Å²) in [6, 6.07) is 12.6. The number of carboxylic acids is 1. The fourth-order valence-electron chi connectivity index (χ4n) is 3.77. The summed E-state index contributed by atoms with van der Waals surface area (Å²) in [7, 11) is -4.24. The molecule has 0 aliphatic carbocycles. The smallest absolute Gasteiger partial charge is 0.416 e. The largest absolute Gasteiger partial charge is 0.481 e. The molecule has 4 rings (SSSR count). The molecule has 0 spiro atoms. The maximum Gasteiger partial charge on any atom is 0.416 e. The zero-order valence-electron chi connectivity index (χ0n) is 18.0. The maximum absolute atomic E-state index is 13.8. The first kappa shape index (κ1) is 24.3. The van der Waals surface area contributed by atoms with Crippen molar-refractivity contribution in [2.45, 2.75) is 24.4 Å². The van der Waals surface area contributed by atoms with Crippen molar-refractivity contribution >= 4 is 26.9 Å². The number of alkyl halides is 3. The summed E-state index contributed by atoms with van der Waals surface area (Å²) in [5.74, 6) is -1.83. The zero-order chi connectivity index (χ0) is 25.5. The van der Waals surface area contributed by atoms with Gasteiger partial charge in [-0.05, 0) is 73.2 Å². The van der Waals surface area contributed by atoms with E-state index in [1.165, 1.54) is 49.4 Å². The second kappa shape index (κ2) is 8.73. The number of benzene rings is 3. The number of carboxylic acid groups (broad SMARTS) is 1. The summed E-state index contributed by atoms with van der Waals surface area (Å²) in [6.45, 7) is 1.43. The van der Waals surface area contributed by atoms with Crippen LogP contribution in [0.4, 0.5) is 17.6 Å². The van der Waals surface area contributed by atoms with Crippen LogP contribution in [-0.2, 0) is 27.4 Å². The molecule has 1 N–H and O–H groups in total. The molecule has 0 aliphatic heterocycles. The third kappa shape index (κ3) is 4.72. The minimum atomic E-state index is -4.54. The number of aliphatic carboxylic acids is 1. The van der Waals surface area contributed by atoms with Crippen LogP contribution >= 0.6 is 0 Å². The summed E-state index contributed by atoms with van der Waals surface area (Å²) in [4.78, 5) is 11.1. The van der Waals surface area contributed by atoms with Crippen molar-refractivity contribution in [1.29, 1.82) is 0 Å². The van der Waals surface area contributed by atoms with Gasteiger partial charge in [-0.25, -0.2) is 16.8 Å². The molecule has 4 aromatic rings. The summed E-state index contributed by atoms with van der Waals surface area (Å²) >= 11 is 0. The van der Waals surface area contributed by atoms with Gasteiger partial charge in [-0.3, -0.25) is 4.79 Å². The average Bonchev–Trinajstić information content (AvgIpc) is 3.04. The Balaban J connectivity index is 1.71. The Bertz CT molecular complexity index is 1540. The van der Waals surface area contributed by atoms with E-state index in [4.69, 9.17) is 4.74 Å². The highest BCUT2D eigenvalue weighted by molar-refractivity contribution is 7.90. The molecule has 1 aromatic heterocycles. The second-order valence-electron chi connectivity index (χ2n) is 7.66. The quantitative estimate of drug-likeness (QED) is 0.335. The highest BCUT2D eigenvalue weighted by atomic mass is 32.2. The van der Waals surface area contributed by atoms with E-state index in [0.717, 1.165) is 28.2 Å². The zero-order valence-corrected chi connectivity index (χ0v) is 18.8. The molecular formula is C24H17F4NO5S. The van der Waals surface area contributed by atoms with Gasteiger partial charge in [0.25, 0.3) is 10.0 Å². The lowest BCUT2D eigenvalue weighted by Crippen LogP contribution is -2.15. The van der Waals surface area contributed by atoms with Gasteiger partial charge in [0.1, 0.15) is 17.3 Å². The van der Waals surface area contributed by atoms with Crippen LogP contribution in [0.15, 0.2) is 71.6 Å². The van der Waals surface area contributed by atoms with Gasteiger partial charge < -0.3 is 9.84 Å². The Kier molecular flexibility index (Phi) is 6.05. The lowest BCUT2D eigenvalue weighted by atomic mass is 10.1. The van der Waals surface area contributed by atoms with Crippen LogP contribution in [0.3, 0.4) is 0 Å². The highest BCUT2D eigenvalue weighted by Crippen LogP contribution is 2.34. The molecule has 0 aliphatic rings. The molecule has 1 heterocycles. The van der Waals surface area contributed by atoms with Crippen LogP contribution in [0.5, 0.6) is 11.5 Å². The Hall–Kier alpha value is -3.86. The van der Waals surface area contributed by atoms with E-state index >= 15 is 0 Å². The van der Waals surface area contributed by atoms with Gasteiger partial charge in [0, 0.05) is 11.1 Å². The minimum Gasteiger partial charge on any atom is -0.481 e. The number of nitrogens with zero attached hydrogens (tertiary/aromatic N) is 1. The molecule has 0 amide bonds. The summed E-state index contributed by atoms with van der Waals surface area (Å²) in [6.07, 6.45) is -5.05. The van der Waals surface area contributed by atoms with Crippen LogP contribution in [0.1, 0.15) is 16.8 Å². The highest BCUT2D eigenvalue weighted by Gasteiger charge is 2.31. The van der Waals surface area contributed by atoms with Crippen molar-refractivity contribution in [3.05, 3.63) is 89.4 Å². The molecular weight excluding hydrogens is 490 g/mol. The van der Waals surface area contributed by atoms with Gasteiger partial charge in [-0.15, -0.1) is 0 Å². The number of fused-ring (bicyclic) bond motifs is 1. The predicted molar refractivity (Wildman–Crippen MR) is 119 cm³/mol. The van der Waals surface area contributed by atoms with E-state index in [2.05, 4.69) is 0 Å². The number of rotatable bonds is 6. The Morgan fingerprint density at radius 3 is 2.31 bits per heavy atom. The van der Waals surface area contributed by atoms with E-state index < -0.39 is 40.0 Å². The van der Waals surface area contributed by atoms with Gasteiger partial charge in [0.15, 0.2) is 0 Å². The number of ether oxygens (including phenoxy) is 1. The van der Waals surface area contributed by atoms with Crippen molar-refractivity contribution in [3.8, 4) is 11.5 Å². The van der Waals surface area contributed by atoms with E-state index in [0.29, 0.717) is 0 Å². The van der Waals surface area contributed by atoms with Crippen LogP contribution < -0.4 is 4.74 Å². The normalized spacial score (nSPS) is 12.1. The number of halogens is 4. The fraction of sp³-hybridized carbons (Fsp3) is 0.125. The molecule has 0 unspecified atom stereocenters. The molecule has 0 saturated carbocycles. The lowest BCUT2D eigenvalue weighted by Gasteiger charge is -2.12. The van der Waals surface area contributed by atoms with Gasteiger partial charge >= 0.3 is 12.1 Å². The van der Waals surface area contributed by atoms with Crippen LogP contribution in [0.25, 0.3) is 10.9 Å². The van der Waals surface area contributed by atoms with E-state index in [1.54, 1.807) is 0 Å². The monoisotopic (exact) mass is 507 g/mol. The standard InChI is InChI=1S/C24H17F4NO5S/c1-14-20(13-23(30)31)21-12-16(25)5-10-22(21)29(14)35(32,33)19-8-6-17(7-9-19)34-18-4-2-3-15(11-18)24(26,27)28/h2-12H,13H2,1H3,(H,30,31). The van der Waals surface area contributed by atoms with Gasteiger partial charge in [0.05, 0.1) is 22.4 Å². The lowest BCUT2D eigenvalue weighted by molar-refractivity contribution is -0.138. The third-order valence-corrected chi connectivity index (χ3v) is 7.15. The van der Waals surface area contributed by atoms with Gasteiger partial charge in [-0.1, -0.05) is 6.07 Å². The van der Waals surface area contributed by atoms with Gasteiger partial charge in [-0.2, -0.15) is 13.2 Å². The Morgan fingerprint density at radius 1 is 1.00 bits per heavy atom. The number of hydrogen-bond donors (Lipinski definition) is 1. The molecule has 6 nitrogen and oxygen atoms in total. The minimum absolute atomic E-state index is 0.0805. The van der Waals surface area contributed by atoms with Crippen molar-refractivity contribution < 1.29 is 40.6 Å². The van der Waals surface area contributed by atoms with Crippen LogP contribution in [-0.4, -0.2) is 23.5 Å². The van der Waals surface area contributed by atoms with Crippen molar-refractivity contribution in [2.24, 2.45) is 0 Å². The molecule has 0 saturated heterocycles. The maximum atomic E-state index is 13.8. The summed E-state index contributed by atoms with van der Waals surface area (Å²) < 4.78 is 85.8. The van der Waals surface area contributed by atoms with Crippen molar-refractivity contribution in [2.75, 3.05) is 0 Å². The number of hydrogen-bond acceptors (Lipinski definition) is 4. The number of aromatic nitrogens is 1. The molecule has 0 atom stereocenters. The first-order chi connectivity index (χ1) is 16.4. The van der Waals surface area contributed by atoms with Crippen LogP contribution in [0.2, 0.25) is 0 Å². The number of carbonyl (C=O) groups is 1. The van der Waals surface area contributed by atoms with E-state index in [9.17, 15) is 35.9 Å². The van der Waals surface area contributed by atoms with E-state index in [1.807, 2.05) is 0 Å². The molecule has 182 valence electrons. The summed E-state index contributed by atoms with van der Waals surface area (Å²) in [5, 5.41) is 9.40. The first-order valence-electron chi connectivity index (χ1n) is 10.1. The van der Waals surface area contributed by atoms with Crippen molar-refractivity contribution in [1.82, 2.24) is 3.97 Å². The molecule has 0 fully saturated rings. The van der Waals surface area contributed by atoms with Crippen molar-refractivity contribution in [3.63, 3.8) is 0 Å². The fourth-order valence-corrected chi connectivity index (χ4v) is 5.35. The molecule has 35 heavy (non-hydrogen) atoms. The Morgan fingerprint density at radius 2 is 1.69 bits per heavy atom. The molecule has 0 radical (unpaired) electrons. The van der Waals surface area contributed by atoms with Gasteiger partial charge in [0.2, 0.25) is 0 Å². The second-order valence-corrected chi connectivity index (χ2v) is 9.45. The Labute approximate surface area is 197 Å². The molecule has 0 bridgehead atoms. The third-order valence-electron chi connectivity index (χ3n) is 5.33. The SMILES string of the molecule is Cc1c(CC(=O)O)c2cc(F)ccc2n1S(=O)(=O)c1ccc(Oc2cccc(C(F)(F)F)c2)cc1. The van der Waals surface area contributed by atoms with E-state index in [-0.39, 0.29) is 38.6 Å². The average molecular weight is 507 g/mol.